The molecule has 2 rings (SSSR count). The number of carbonyl (C=O) groups is 1. The molecular formula is C11H14N2O3S. The molecule has 6 heteroatoms. The highest BCUT2D eigenvalue weighted by Crippen LogP contribution is 2.41. The van der Waals surface area contributed by atoms with Gasteiger partial charge >= 0.3 is 0 Å². The Morgan fingerprint density at radius 1 is 1.29 bits per heavy atom. The molecule has 1 aliphatic carbocycles. The number of nitrogens with two attached hydrogens (primary N) is 1. The minimum absolute atomic E-state index is 0.196. The molecule has 1 amide bonds. The molecule has 5 nitrogen and oxygen atoms in total. The van der Waals surface area contributed by atoms with Crippen molar-refractivity contribution in [1.29, 1.82) is 0 Å². The molecule has 0 aliphatic heterocycles. The molecule has 3 N–H and O–H groups in total. The summed E-state index contributed by atoms with van der Waals surface area (Å²) in [6.45, 7) is 1.39. The zero-order valence-corrected chi connectivity index (χ0v) is 10.3. The fraction of sp³-hybridized carbons (Fsp3) is 0.364. The maximum absolute atomic E-state index is 12.0. The Bertz CT molecular complexity index is 545. The summed E-state index contributed by atoms with van der Waals surface area (Å²) >= 11 is 0. The number of carbonyl (C=O) groups excluding carboxylic acids is 1. The molecule has 0 radical (unpaired) electrons. The molecule has 0 aromatic heterocycles. The molecule has 1 aromatic rings. The maximum Gasteiger partial charge on any atom is 0.221 e. The van der Waals surface area contributed by atoms with Crippen LogP contribution in [0.25, 0.3) is 0 Å². The van der Waals surface area contributed by atoms with Gasteiger partial charge in [0.2, 0.25) is 5.91 Å². The Hall–Kier alpha value is -1.40. The van der Waals surface area contributed by atoms with Crippen LogP contribution >= 0.6 is 0 Å². The van der Waals surface area contributed by atoms with Crippen LogP contribution in [0.2, 0.25) is 0 Å². The molecule has 1 saturated carbocycles. The SMILES string of the molecule is CC(=O)Nc1ccc(S(=O)(=O)C2(N)CC2)cc1. The monoisotopic (exact) mass is 254 g/mol. The molecule has 1 aliphatic rings. The molecule has 0 saturated heterocycles. The van der Waals surface area contributed by atoms with Crippen LogP contribution in [-0.4, -0.2) is 19.2 Å². The first-order chi connectivity index (χ1) is 7.85. The number of hydrogen-bond donors (Lipinski definition) is 2. The van der Waals surface area contributed by atoms with Crippen LogP contribution in [0.3, 0.4) is 0 Å². The van der Waals surface area contributed by atoms with Crippen molar-refractivity contribution in [3.63, 3.8) is 0 Å². The Balaban J connectivity index is 2.27. The fourth-order valence-electron chi connectivity index (χ4n) is 1.55. The Morgan fingerprint density at radius 2 is 1.82 bits per heavy atom. The summed E-state index contributed by atoms with van der Waals surface area (Å²) in [5.74, 6) is -0.196. The van der Waals surface area contributed by atoms with E-state index in [0.717, 1.165) is 0 Å². The van der Waals surface area contributed by atoms with Gasteiger partial charge in [0, 0.05) is 12.6 Å². The zero-order valence-electron chi connectivity index (χ0n) is 9.43. The summed E-state index contributed by atoms with van der Waals surface area (Å²) in [6, 6.07) is 6.04. The number of sulfone groups is 1. The van der Waals surface area contributed by atoms with Crippen LogP contribution in [0.5, 0.6) is 0 Å². The lowest BCUT2D eigenvalue weighted by molar-refractivity contribution is -0.114. The third kappa shape index (κ3) is 2.18. The van der Waals surface area contributed by atoms with Gasteiger partial charge < -0.3 is 11.1 Å². The topological polar surface area (TPSA) is 89.3 Å². The van der Waals surface area contributed by atoms with Crippen molar-refractivity contribution >= 4 is 21.4 Å². The van der Waals surface area contributed by atoms with Crippen molar-refractivity contribution in [2.75, 3.05) is 5.32 Å². The average Bonchev–Trinajstić information content (AvgIpc) is 2.98. The minimum Gasteiger partial charge on any atom is -0.326 e. The standard InChI is InChI=1S/C11H14N2O3S/c1-8(14)13-9-2-4-10(5-3-9)17(15,16)11(12)6-7-11/h2-5H,6-7,12H2,1H3,(H,13,14). The van der Waals surface area contributed by atoms with Crippen LogP contribution in [0.1, 0.15) is 19.8 Å². The van der Waals surface area contributed by atoms with Gasteiger partial charge in [-0.3, -0.25) is 4.79 Å². The average molecular weight is 254 g/mol. The van der Waals surface area contributed by atoms with E-state index in [0.29, 0.717) is 18.5 Å². The van der Waals surface area contributed by atoms with Gasteiger partial charge in [0.15, 0.2) is 9.84 Å². The minimum atomic E-state index is -3.45. The summed E-state index contributed by atoms with van der Waals surface area (Å²) in [5.41, 5.74) is 6.29. The predicted octanol–water partition coefficient (Wildman–Crippen LogP) is 0.867. The van der Waals surface area contributed by atoms with Crippen LogP contribution in [0, 0.1) is 0 Å². The highest BCUT2D eigenvalue weighted by Gasteiger charge is 2.51. The molecule has 0 spiro atoms. The lowest BCUT2D eigenvalue weighted by Crippen LogP contribution is -2.32. The lowest BCUT2D eigenvalue weighted by Gasteiger charge is -2.11. The molecule has 0 bridgehead atoms. The summed E-state index contributed by atoms with van der Waals surface area (Å²) in [4.78, 5) is 9.93. The van der Waals surface area contributed by atoms with Gasteiger partial charge in [0.05, 0.1) is 4.90 Å². The molecule has 0 atom stereocenters. The van der Waals surface area contributed by atoms with Gasteiger partial charge in [-0.15, -0.1) is 0 Å². The number of rotatable bonds is 3. The summed E-state index contributed by atoms with van der Waals surface area (Å²) in [6.07, 6.45) is 1.01. The maximum atomic E-state index is 12.0. The van der Waals surface area contributed by atoms with Crippen molar-refractivity contribution in [1.82, 2.24) is 0 Å². The van der Waals surface area contributed by atoms with E-state index in [1.54, 1.807) is 12.1 Å². The van der Waals surface area contributed by atoms with Crippen molar-refractivity contribution in [3.05, 3.63) is 24.3 Å². The molecular weight excluding hydrogens is 240 g/mol. The van der Waals surface area contributed by atoms with E-state index in [-0.39, 0.29) is 10.8 Å². The normalized spacial score (nSPS) is 17.5. The van der Waals surface area contributed by atoms with E-state index < -0.39 is 14.7 Å². The van der Waals surface area contributed by atoms with Gasteiger partial charge in [-0.1, -0.05) is 0 Å². The van der Waals surface area contributed by atoms with E-state index in [1.807, 2.05) is 0 Å². The summed E-state index contributed by atoms with van der Waals surface area (Å²) in [5, 5.41) is 2.57. The molecule has 0 unspecified atom stereocenters. The van der Waals surface area contributed by atoms with E-state index in [9.17, 15) is 13.2 Å². The number of benzene rings is 1. The van der Waals surface area contributed by atoms with Crippen LogP contribution < -0.4 is 11.1 Å². The van der Waals surface area contributed by atoms with Crippen LogP contribution in [-0.2, 0) is 14.6 Å². The van der Waals surface area contributed by atoms with Crippen LogP contribution in [0.15, 0.2) is 29.2 Å². The van der Waals surface area contributed by atoms with Gasteiger partial charge in [-0.25, -0.2) is 8.42 Å². The third-order valence-corrected chi connectivity index (χ3v) is 5.13. The van der Waals surface area contributed by atoms with Crippen molar-refractivity contribution in [2.24, 2.45) is 5.73 Å². The van der Waals surface area contributed by atoms with Crippen molar-refractivity contribution in [2.45, 2.75) is 29.5 Å². The van der Waals surface area contributed by atoms with Crippen LogP contribution in [0.4, 0.5) is 5.69 Å². The van der Waals surface area contributed by atoms with Gasteiger partial charge in [0.1, 0.15) is 4.87 Å². The number of anilines is 1. The summed E-state index contributed by atoms with van der Waals surface area (Å²) < 4.78 is 24.1. The second-order valence-electron chi connectivity index (χ2n) is 4.27. The van der Waals surface area contributed by atoms with Gasteiger partial charge in [0.25, 0.3) is 0 Å². The Kier molecular flexibility index (Phi) is 2.71. The van der Waals surface area contributed by atoms with Crippen molar-refractivity contribution in [3.8, 4) is 0 Å². The highest BCUT2D eigenvalue weighted by molar-refractivity contribution is 7.93. The number of amides is 1. The number of nitrogens with one attached hydrogen (secondary N) is 1. The second-order valence-corrected chi connectivity index (χ2v) is 6.57. The lowest BCUT2D eigenvalue weighted by atomic mass is 10.3. The van der Waals surface area contributed by atoms with E-state index in [1.165, 1.54) is 19.1 Å². The molecule has 1 fully saturated rings. The predicted molar refractivity (Wildman–Crippen MR) is 64.1 cm³/mol. The van der Waals surface area contributed by atoms with E-state index in [2.05, 4.69) is 5.32 Å². The van der Waals surface area contributed by atoms with Gasteiger partial charge in [-0.2, -0.15) is 0 Å². The smallest absolute Gasteiger partial charge is 0.221 e. The van der Waals surface area contributed by atoms with E-state index >= 15 is 0 Å². The molecule has 92 valence electrons. The van der Waals surface area contributed by atoms with Crippen molar-refractivity contribution < 1.29 is 13.2 Å². The third-order valence-electron chi connectivity index (χ3n) is 2.76. The summed E-state index contributed by atoms with van der Waals surface area (Å²) in [7, 11) is -3.45. The van der Waals surface area contributed by atoms with Gasteiger partial charge in [-0.05, 0) is 37.1 Å². The first-order valence-electron chi connectivity index (χ1n) is 5.26. The van der Waals surface area contributed by atoms with E-state index in [4.69, 9.17) is 5.73 Å². The first-order valence-corrected chi connectivity index (χ1v) is 6.75. The first kappa shape index (κ1) is 12.1. The molecule has 17 heavy (non-hydrogen) atoms. The molecule has 1 aromatic carbocycles. The zero-order chi connectivity index (χ0) is 12.7. The number of hydrogen-bond acceptors (Lipinski definition) is 4. The molecule has 0 heterocycles. The Morgan fingerprint density at radius 3 is 2.24 bits per heavy atom. The largest absolute Gasteiger partial charge is 0.326 e. The Labute approximate surface area is 99.9 Å². The quantitative estimate of drug-likeness (QED) is 0.837. The fourth-order valence-corrected chi connectivity index (χ4v) is 3.15. The highest BCUT2D eigenvalue weighted by atomic mass is 32.2. The second kappa shape index (κ2) is 3.82.